The van der Waals surface area contributed by atoms with E-state index >= 15 is 0 Å². The standard InChI is InChI=1S/C9H14F3NO2/c1-2-7(14)13-5-3-4-8(15,6-13)9(10,11)12/h15H,2-6H2,1H3. The number of halogens is 3. The first-order valence-corrected chi connectivity index (χ1v) is 4.87. The highest BCUT2D eigenvalue weighted by Crippen LogP contribution is 2.37. The van der Waals surface area contributed by atoms with Gasteiger partial charge in [0.2, 0.25) is 5.91 Å². The fourth-order valence-corrected chi connectivity index (χ4v) is 1.70. The summed E-state index contributed by atoms with van der Waals surface area (Å²) in [6.45, 7) is 1.25. The van der Waals surface area contributed by atoms with Crippen molar-refractivity contribution >= 4 is 5.91 Å². The average Bonchev–Trinajstić information content (AvgIpc) is 2.15. The Morgan fingerprint density at radius 2 is 2.13 bits per heavy atom. The highest BCUT2D eigenvalue weighted by atomic mass is 19.4. The molecule has 1 rings (SSSR count). The first-order chi connectivity index (χ1) is 6.80. The van der Waals surface area contributed by atoms with Gasteiger partial charge in [-0.2, -0.15) is 13.2 Å². The Kier molecular flexibility index (Phi) is 3.28. The smallest absolute Gasteiger partial charge is 0.379 e. The van der Waals surface area contributed by atoms with Crippen LogP contribution in [-0.4, -0.2) is 40.8 Å². The molecule has 0 spiro atoms. The SMILES string of the molecule is CCC(=O)N1CCCC(O)(C(F)(F)F)C1. The molecule has 1 N–H and O–H groups in total. The molecule has 15 heavy (non-hydrogen) atoms. The first-order valence-electron chi connectivity index (χ1n) is 4.87. The number of carbonyl (C=O) groups excluding carboxylic acids is 1. The Morgan fingerprint density at radius 1 is 1.53 bits per heavy atom. The second kappa shape index (κ2) is 4.00. The Bertz CT molecular complexity index is 254. The van der Waals surface area contributed by atoms with Crippen molar-refractivity contribution in [3.63, 3.8) is 0 Å². The molecule has 1 unspecified atom stereocenters. The Balaban J connectivity index is 2.75. The van der Waals surface area contributed by atoms with Crippen LogP contribution in [0.4, 0.5) is 13.2 Å². The van der Waals surface area contributed by atoms with Crippen molar-refractivity contribution in [2.24, 2.45) is 0 Å². The third-order valence-corrected chi connectivity index (χ3v) is 2.65. The number of carbonyl (C=O) groups is 1. The number of nitrogens with zero attached hydrogens (tertiary/aromatic N) is 1. The molecule has 1 heterocycles. The number of likely N-dealkylation sites (tertiary alicyclic amines) is 1. The summed E-state index contributed by atoms with van der Waals surface area (Å²) in [7, 11) is 0. The molecule has 0 aromatic rings. The summed E-state index contributed by atoms with van der Waals surface area (Å²) < 4.78 is 37.4. The third-order valence-electron chi connectivity index (χ3n) is 2.65. The van der Waals surface area contributed by atoms with Crippen LogP contribution in [0.5, 0.6) is 0 Å². The summed E-state index contributed by atoms with van der Waals surface area (Å²) in [4.78, 5) is 12.3. The molecule has 0 saturated carbocycles. The van der Waals surface area contributed by atoms with Gasteiger partial charge in [-0.25, -0.2) is 0 Å². The quantitative estimate of drug-likeness (QED) is 0.731. The minimum atomic E-state index is -4.67. The van der Waals surface area contributed by atoms with Gasteiger partial charge in [0.1, 0.15) is 0 Å². The highest BCUT2D eigenvalue weighted by Gasteiger charge is 2.55. The van der Waals surface area contributed by atoms with E-state index in [0.717, 1.165) is 4.90 Å². The van der Waals surface area contributed by atoms with E-state index in [1.165, 1.54) is 0 Å². The van der Waals surface area contributed by atoms with Crippen molar-refractivity contribution in [3.05, 3.63) is 0 Å². The van der Waals surface area contributed by atoms with Gasteiger partial charge >= 0.3 is 6.18 Å². The number of alkyl halides is 3. The predicted molar refractivity (Wildman–Crippen MR) is 47.1 cm³/mol. The van der Waals surface area contributed by atoms with Gasteiger partial charge in [-0.3, -0.25) is 4.79 Å². The summed E-state index contributed by atoms with van der Waals surface area (Å²) in [5.74, 6) is -0.350. The molecule has 0 bridgehead atoms. The van der Waals surface area contributed by atoms with E-state index in [1.54, 1.807) is 6.92 Å². The van der Waals surface area contributed by atoms with E-state index in [-0.39, 0.29) is 25.2 Å². The zero-order chi connectivity index (χ0) is 11.7. The summed E-state index contributed by atoms with van der Waals surface area (Å²) >= 11 is 0. The zero-order valence-corrected chi connectivity index (χ0v) is 8.47. The maximum atomic E-state index is 12.5. The average molecular weight is 225 g/mol. The molecule has 1 aliphatic heterocycles. The van der Waals surface area contributed by atoms with Crippen molar-refractivity contribution in [2.75, 3.05) is 13.1 Å². The van der Waals surface area contributed by atoms with E-state index in [2.05, 4.69) is 0 Å². The summed E-state index contributed by atoms with van der Waals surface area (Å²) in [6, 6.07) is 0. The second-order valence-corrected chi connectivity index (χ2v) is 3.80. The minimum Gasteiger partial charge on any atom is -0.379 e. The van der Waals surface area contributed by atoms with Crippen LogP contribution in [-0.2, 0) is 4.79 Å². The molecule has 0 aromatic carbocycles. The molecule has 1 aliphatic rings. The minimum absolute atomic E-state index is 0.161. The monoisotopic (exact) mass is 225 g/mol. The van der Waals surface area contributed by atoms with Crippen molar-refractivity contribution in [1.82, 2.24) is 4.90 Å². The Morgan fingerprint density at radius 3 is 2.60 bits per heavy atom. The zero-order valence-electron chi connectivity index (χ0n) is 8.47. The molecule has 88 valence electrons. The third kappa shape index (κ3) is 2.42. The van der Waals surface area contributed by atoms with Crippen LogP contribution in [0.3, 0.4) is 0 Å². The van der Waals surface area contributed by atoms with Crippen LogP contribution >= 0.6 is 0 Å². The van der Waals surface area contributed by atoms with E-state index in [1.807, 2.05) is 0 Å². The van der Waals surface area contributed by atoms with E-state index in [4.69, 9.17) is 0 Å². The van der Waals surface area contributed by atoms with Crippen LogP contribution in [0.15, 0.2) is 0 Å². The molecule has 1 saturated heterocycles. The number of amides is 1. The maximum Gasteiger partial charge on any atom is 0.418 e. The number of hydrogen-bond donors (Lipinski definition) is 1. The molecule has 0 radical (unpaired) electrons. The molecule has 6 heteroatoms. The van der Waals surface area contributed by atoms with Gasteiger partial charge in [-0.1, -0.05) is 6.92 Å². The topological polar surface area (TPSA) is 40.5 Å². The summed E-state index contributed by atoms with van der Waals surface area (Å²) in [5, 5.41) is 9.40. The second-order valence-electron chi connectivity index (χ2n) is 3.80. The molecular weight excluding hydrogens is 211 g/mol. The molecule has 1 amide bonds. The van der Waals surface area contributed by atoms with Crippen molar-refractivity contribution in [1.29, 1.82) is 0 Å². The highest BCUT2D eigenvalue weighted by molar-refractivity contribution is 5.76. The van der Waals surface area contributed by atoms with Gasteiger partial charge in [-0.05, 0) is 12.8 Å². The Labute approximate surface area is 85.9 Å². The van der Waals surface area contributed by atoms with Crippen molar-refractivity contribution < 1.29 is 23.1 Å². The van der Waals surface area contributed by atoms with Gasteiger partial charge in [-0.15, -0.1) is 0 Å². The Hall–Kier alpha value is -0.780. The van der Waals surface area contributed by atoms with Gasteiger partial charge in [0.25, 0.3) is 0 Å². The lowest BCUT2D eigenvalue weighted by molar-refractivity contribution is -0.272. The van der Waals surface area contributed by atoms with Gasteiger partial charge in [0.05, 0.1) is 6.54 Å². The van der Waals surface area contributed by atoms with Crippen LogP contribution < -0.4 is 0 Å². The lowest BCUT2D eigenvalue weighted by atomic mass is 9.92. The van der Waals surface area contributed by atoms with Crippen LogP contribution in [0.2, 0.25) is 0 Å². The van der Waals surface area contributed by atoms with Crippen LogP contribution in [0.25, 0.3) is 0 Å². The maximum absolute atomic E-state index is 12.5. The van der Waals surface area contributed by atoms with Crippen LogP contribution in [0, 0.1) is 0 Å². The van der Waals surface area contributed by atoms with Gasteiger partial charge in [0, 0.05) is 13.0 Å². The summed E-state index contributed by atoms with van der Waals surface area (Å²) in [6.07, 6.45) is -4.65. The molecule has 0 aliphatic carbocycles. The fourth-order valence-electron chi connectivity index (χ4n) is 1.70. The van der Waals surface area contributed by atoms with Crippen molar-refractivity contribution in [2.45, 2.75) is 38.0 Å². The molecule has 1 fully saturated rings. The van der Waals surface area contributed by atoms with Crippen LogP contribution in [0.1, 0.15) is 26.2 Å². The first kappa shape index (κ1) is 12.3. The van der Waals surface area contributed by atoms with E-state index < -0.39 is 18.3 Å². The molecule has 1 atom stereocenters. The number of rotatable bonds is 1. The van der Waals surface area contributed by atoms with E-state index in [9.17, 15) is 23.1 Å². The lowest BCUT2D eigenvalue weighted by Crippen LogP contribution is -2.58. The van der Waals surface area contributed by atoms with E-state index in [0.29, 0.717) is 6.54 Å². The predicted octanol–water partition coefficient (Wildman–Crippen LogP) is 1.31. The van der Waals surface area contributed by atoms with Crippen molar-refractivity contribution in [3.8, 4) is 0 Å². The van der Waals surface area contributed by atoms with Gasteiger partial charge in [0.15, 0.2) is 5.60 Å². The number of aliphatic hydroxyl groups is 1. The number of β-amino-alcohol motifs (C(OH)–C–C–N with tert-alkyl or cyclic N) is 1. The molecule has 0 aromatic heterocycles. The normalized spacial score (nSPS) is 27.9. The fraction of sp³-hybridized carbons (Fsp3) is 0.889. The number of piperidine rings is 1. The largest absolute Gasteiger partial charge is 0.418 e. The lowest BCUT2D eigenvalue weighted by Gasteiger charge is -2.40. The van der Waals surface area contributed by atoms with Gasteiger partial charge < -0.3 is 10.0 Å². The molecular formula is C9H14F3NO2. The molecule has 3 nitrogen and oxygen atoms in total. The summed E-state index contributed by atoms with van der Waals surface area (Å²) in [5.41, 5.74) is -2.73. The number of hydrogen-bond acceptors (Lipinski definition) is 2.